The standard InChI is InChI=1S/C9H12F3N3O/c10-9(11,12)6-3-1-2-5(4-6)7-14-8(13)15-16-7/h5-6H,1-4H2,(H2,13,15). The molecule has 16 heavy (non-hydrogen) atoms. The molecule has 0 aliphatic heterocycles. The van der Waals surface area contributed by atoms with Gasteiger partial charge in [0.1, 0.15) is 0 Å². The lowest BCUT2D eigenvalue weighted by Crippen LogP contribution is -2.28. The highest BCUT2D eigenvalue weighted by Crippen LogP contribution is 2.43. The second kappa shape index (κ2) is 3.95. The van der Waals surface area contributed by atoms with Crippen LogP contribution in [0, 0.1) is 5.92 Å². The number of anilines is 1. The minimum absolute atomic E-state index is 0.0190. The molecule has 1 aliphatic carbocycles. The van der Waals surface area contributed by atoms with Crippen LogP contribution < -0.4 is 5.73 Å². The molecule has 1 aromatic rings. The number of hydrogen-bond acceptors (Lipinski definition) is 4. The molecule has 1 heterocycles. The fraction of sp³-hybridized carbons (Fsp3) is 0.778. The van der Waals surface area contributed by atoms with Crippen molar-refractivity contribution in [2.75, 3.05) is 5.73 Å². The first kappa shape index (κ1) is 11.2. The van der Waals surface area contributed by atoms with Gasteiger partial charge in [-0.05, 0) is 24.4 Å². The van der Waals surface area contributed by atoms with Crippen molar-refractivity contribution in [3.63, 3.8) is 0 Å². The average molecular weight is 235 g/mol. The van der Waals surface area contributed by atoms with E-state index in [-0.39, 0.29) is 30.6 Å². The summed E-state index contributed by atoms with van der Waals surface area (Å²) in [6.07, 6.45) is -2.76. The number of halogens is 3. The molecule has 2 atom stereocenters. The molecular formula is C9H12F3N3O. The van der Waals surface area contributed by atoms with Crippen molar-refractivity contribution in [1.82, 2.24) is 10.1 Å². The van der Waals surface area contributed by atoms with E-state index >= 15 is 0 Å². The van der Waals surface area contributed by atoms with Gasteiger partial charge in [0.05, 0.1) is 5.92 Å². The molecule has 1 saturated carbocycles. The third kappa shape index (κ3) is 2.28. The van der Waals surface area contributed by atoms with E-state index < -0.39 is 12.1 Å². The Kier molecular flexibility index (Phi) is 2.77. The van der Waals surface area contributed by atoms with Gasteiger partial charge in [0.25, 0.3) is 5.95 Å². The number of nitrogen functional groups attached to an aromatic ring is 1. The maximum Gasteiger partial charge on any atom is 0.391 e. The second-order valence-electron chi connectivity index (χ2n) is 4.09. The number of nitrogens with two attached hydrogens (primary N) is 1. The van der Waals surface area contributed by atoms with Crippen LogP contribution in [0.2, 0.25) is 0 Å². The zero-order chi connectivity index (χ0) is 11.8. The summed E-state index contributed by atoms with van der Waals surface area (Å²) in [6.45, 7) is 0. The maximum atomic E-state index is 12.5. The molecule has 1 aliphatic rings. The van der Waals surface area contributed by atoms with Gasteiger partial charge in [0.15, 0.2) is 0 Å². The van der Waals surface area contributed by atoms with Crippen molar-refractivity contribution in [3.05, 3.63) is 5.89 Å². The molecule has 1 fully saturated rings. The molecule has 0 saturated heterocycles. The van der Waals surface area contributed by atoms with E-state index in [1.54, 1.807) is 0 Å². The van der Waals surface area contributed by atoms with Crippen LogP contribution in [0.3, 0.4) is 0 Å². The van der Waals surface area contributed by atoms with Gasteiger partial charge in [0, 0.05) is 5.92 Å². The fourth-order valence-electron chi connectivity index (χ4n) is 2.12. The Balaban J connectivity index is 2.07. The molecule has 0 bridgehead atoms. The third-order valence-electron chi connectivity index (χ3n) is 2.94. The molecule has 2 N–H and O–H groups in total. The molecule has 90 valence electrons. The molecule has 0 aromatic carbocycles. The first-order valence-electron chi connectivity index (χ1n) is 5.12. The van der Waals surface area contributed by atoms with Gasteiger partial charge in [-0.15, -0.1) is 0 Å². The summed E-state index contributed by atoms with van der Waals surface area (Å²) in [6, 6.07) is 0. The normalized spacial score (nSPS) is 26.9. The summed E-state index contributed by atoms with van der Waals surface area (Å²) in [7, 11) is 0. The Morgan fingerprint density at radius 2 is 2.06 bits per heavy atom. The summed E-state index contributed by atoms with van der Waals surface area (Å²) < 4.78 is 42.4. The number of nitrogens with zero attached hydrogens (tertiary/aromatic N) is 2. The zero-order valence-corrected chi connectivity index (χ0v) is 8.50. The van der Waals surface area contributed by atoms with Crippen LogP contribution in [0.15, 0.2) is 4.52 Å². The summed E-state index contributed by atoms with van der Waals surface area (Å²) in [5.41, 5.74) is 5.27. The van der Waals surface area contributed by atoms with E-state index in [2.05, 4.69) is 10.1 Å². The van der Waals surface area contributed by atoms with Gasteiger partial charge in [-0.1, -0.05) is 6.42 Å². The highest BCUT2D eigenvalue weighted by atomic mass is 19.4. The Morgan fingerprint density at radius 3 is 2.62 bits per heavy atom. The Hall–Kier alpha value is -1.27. The molecule has 1 aromatic heterocycles. The van der Waals surface area contributed by atoms with Crippen molar-refractivity contribution in [1.29, 1.82) is 0 Å². The van der Waals surface area contributed by atoms with E-state index in [9.17, 15) is 13.2 Å². The van der Waals surface area contributed by atoms with E-state index in [1.165, 1.54) is 0 Å². The number of rotatable bonds is 1. The number of alkyl halides is 3. The van der Waals surface area contributed by atoms with Crippen molar-refractivity contribution in [3.8, 4) is 0 Å². The lowest BCUT2D eigenvalue weighted by atomic mass is 9.81. The van der Waals surface area contributed by atoms with E-state index in [1.807, 2.05) is 0 Å². The molecule has 2 rings (SSSR count). The second-order valence-corrected chi connectivity index (χ2v) is 4.09. The Bertz CT molecular complexity index is 363. The zero-order valence-electron chi connectivity index (χ0n) is 8.50. The van der Waals surface area contributed by atoms with Crippen LogP contribution in [0.25, 0.3) is 0 Å². The monoisotopic (exact) mass is 235 g/mol. The van der Waals surface area contributed by atoms with Gasteiger partial charge in [-0.25, -0.2) is 0 Å². The van der Waals surface area contributed by atoms with Gasteiger partial charge >= 0.3 is 6.18 Å². The lowest BCUT2D eigenvalue weighted by Gasteiger charge is -2.28. The quantitative estimate of drug-likeness (QED) is 0.812. The first-order valence-corrected chi connectivity index (χ1v) is 5.12. The van der Waals surface area contributed by atoms with Crippen molar-refractivity contribution in [2.24, 2.45) is 5.92 Å². The summed E-state index contributed by atoms with van der Waals surface area (Å²) in [5, 5.41) is 3.39. The van der Waals surface area contributed by atoms with E-state index in [0.717, 1.165) is 0 Å². The predicted octanol–water partition coefficient (Wildman–Crippen LogP) is 2.49. The summed E-state index contributed by atoms with van der Waals surface area (Å²) in [4.78, 5) is 3.78. The van der Waals surface area contributed by atoms with E-state index in [4.69, 9.17) is 10.3 Å². The third-order valence-corrected chi connectivity index (χ3v) is 2.94. The predicted molar refractivity (Wildman–Crippen MR) is 49.5 cm³/mol. The van der Waals surface area contributed by atoms with Crippen LogP contribution in [-0.2, 0) is 0 Å². The van der Waals surface area contributed by atoms with Crippen LogP contribution in [0.1, 0.15) is 37.5 Å². The molecule has 4 nitrogen and oxygen atoms in total. The van der Waals surface area contributed by atoms with Gasteiger partial charge in [-0.3, -0.25) is 0 Å². The van der Waals surface area contributed by atoms with Crippen LogP contribution >= 0.6 is 0 Å². The number of hydrogen-bond donors (Lipinski definition) is 1. The molecule has 7 heteroatoms. The average Bonchev–Trinajstić information content (AvgIpc) is 2.64. The van der Waals surface area contributed by atoms with Gasteiger partial charge < -0.3 is 10.3 Å². The van der Waals surface area contributed by atoms with Gasteiger partial charge in [-0.2, -0.15) is 18.2 Å². The largest absolute Gasteiger partial charge is 0.391 e. The minimum Gasteiger partial charge on any atom is -0.365 e. The van der Waals surface area contributed by atoms with Crippen LogP contribution in [0.5, 0.6) is 0 Å². The summed E-state index contributed by atoms with van der Waals surface area (Å²) >= 11 is 0. The SMILES string of the molecule is Nc1noc(C2CCCC(C(F)(F)F)C2)n1. The lowest BCUT2D eigenvalue weighted by molar-refractivity contribution is -0.183. The molecule has 0 amide bonds. The molecule has 0 spiro atoms. The fourth-order valence-corrected chi connectivity index (χ4v) is 2.12. The smallest absolute Gasteiger partial charge is 0.365 e. The molecule has 2 unspecified atom stereocenters. The Labute approximate surface area is 90.0 Å². The maximum absolute atomic E-state index is 12.5. The van der Waals surface area contributed by atoms with Crippen molar-refractivity contribution >= 4 is 5.95 Å². The van der Waals surface area contributed by atoms with Crippen molar-refractivity contribution in [2.45, 2.75) is 37.8 Å². The highest BCUT2D eigenvalue weighted by molar-refractivity contribution is 5.12. The first-order chi connectivity index (χ1) is 7.47. The van der Waals surface area contributed by atoms with Gasteiger partial charge in [0.2, 0.25) is 5.89 Å². The molecular weight excluding hydrogens is 223 g/mol. The topological polar surface area (TPSA) is 64.9 Å². The van der Waals surface area contributed by atoms with Crippen LogP contribution in [0.4, 0.5) is 19.1 Å². The number of aromatic nitrogens is 2. The van der Waals surface area contributed by atoms with E-state index in [0.29, 0.717) is 12.8 Å². The van der Waals surface area contributed by atoms with Crippen molar-refractivity contribution < 1.29 is 17.7 Å². The highest BCUT2D eigenvalue weighted by Gasteiger charge is 2.43. The van der Waals surface area contributed by atoms with Crippen LogP contribution in [-0.4, -0.2) is 16.3 Å². The Morgan fingerprint density at radius 1 is 1.31 bits per heavy atom. The molecule has 0 radical (unpaired) electrons. The minimum atomic E-state index is -4.13. The summed E-state index contributed by atoms with van der Waals surface area (Å²) in [5.74, 6) is -1.37.